The van der Waals surface area contributed by atoms with Crippen LogP contribution in [0.5, 0.6) is 5.75 Å². The Morgan fingerprint density at radius 3 is 2.76 bits per heavy atom. The van der Waals surface area contributed by atoms with Gasteiger partial charge in [0.25, 0.3) is 0 Å². The Kier molecular flexibility index (Phi) is 5.80. The van der Waals surface area contributed by atoms with E-state index < -0.39 is 0 Å². The largest absolute Gasteiger partial charge is 0.479 e. The van der Waals surface area contributed by atoms with Crippen molar-refractivity contribution in [2.45, 2.75) is 19.3 Å². The maximum absolute atomic E-state index is 11.8. The van der Waals surface area contributed by atoms with Gasteiger partial charge in [-0.25, -0.2) is 0 Å². The summed E-state index contributed by atoms with van der Waals surface area (Å²) in [6, 6.07) is 13.0. The number of nitrogens with one attached hydrogen (secondary N) is 1. The lowest BCUT2D eigenvalue weighted by Crippen LogP contribution is -2.11. The molecule has 1 aromatic heterocycles. The zero-order chi connectivity index (χ0) is 14.9. The lowest BCUT2D eigenvalue weighted by molar-refractivity contribution is -0.116. The predicted molar refractivity (Wildman–Crippen MR) is 83.4 cm³/mol. The van der Waals surface area contributed by atoms with Crippen LogP contribution in [0.15, 0.2) is 41.8 Å². The highest BCUT2D eigenvalue weighted by molar-refractivity contribution is 7.09. The average molecular weight is 300 g/mol. The maximum atomic E-state index is 11.8. The van der Waals surface area contributed by atoms with Gasteiger partial charge in [-0.2, -0.15) is 5.26 Å². The zero-order valence-electron chi connectivity index (χ0n) is 11.5. The number of benzene rings is 1. The van der Waals surface area contributed by atoms with Crippen LogP contribution < -0.4 is 10.1 Å². The molecular formula is C16H16N2O2S. The van der Waals surface area contributed by atoms with Gasteiger partial charge in [0.05, 0.1) is 0 Å². The van der Waals surface area contributed by atoms with Crippen molar-refractivity contribution in [3.8, 4) is 11.8 Å². The summed E-state index contributed by atoms with van der Waals surface area (Å²) in [7, 11) is 0. The second-order valence-electron chi connectivity index (χ2n) is 4.45. The summed E-state index contributed by atoms with van der Waals surface area (Å²) in [4.78, 5) is 13.1. The topological polar surface area (TPSA) is 62.1 Å². The summed E-state index contributed by atoms with van der Waals surface area (Å²) < 4.78 is 5.15. The number of aryl methyl sites for hydroxylation is 1. The second-order valence-corrected chi connectivity index (χ2v) is 5.48. The van der Waals surface area contributed by atoms with E-state index in [2.05, 4.69) is 11.4 Å². The van der Waals surface area contributed by atoms with Crippen molar-refractivity contribution in [3.63, 3.8) is 0 Å². The molecule has 0 unspecified atom stereocenters. The van der Waals surface area contributed by atoms with Crippen molar-refractivity contribution >= 4 is 22.9 Å². The first kappa shape index (κ1) is 15.1. The van der Waals surface area contributed by atoms with Crippen LogP contribution in [0.25, 0.3) is 0 Å². The van der Waals surface area contributed by atoms with Crippen LogP contribution in [0, 0.1) is 11.3 Å². The summed E-state index contributed by atoms with van der Waals surface area (Å²) in [6.45, 7) is 0.0222. The molecule has 0 saturated carbocycles. The number of rotatable bonds is 7. The number of carbonyl (C=O) groups excluding carboxylic acids is 1. The van der Waals surface area contributed by atoms with Gasteiger partial charge in [-0.05, 0) is 48.6 Å². The van der Waals surface area contributed by atoms with E-state index in [1.165, 1.54) is 4.88 Å². The quantitative estimate of drug-likeness (QED) is 0.849. The van der Waals surface area contributed by atoms with E-state index in [0.717, 1.165) is 18.5 Å². The number of nitrogens with zero attached hydrogens (tertiary/aromatic N) is 1. The van der Waals surface area contributed by atoms with Crippen LogP contribution in [-0.4, -0.2) is 12.5 Å². The molecule has 108 valence electrons. The van der Waals surface area contributed by atoms with Gasteiger partial charge in [-0.15, -0.1) is 11.3 Å². The van der Waals surface area contributed by atoms with Gasteiger partial charge in [0.15, 0.2) is 6.61 Å². The summed E-state index contributed by atoms with van der Waals surface area (Å²) in [5, 5.41) is 13.3. The number of anilines is 1. The van der Waals surface area contributed by atoms with E-state index in [4.69, 9.17) is 10.00 Å². The molecule has 0 saturated heterocycles. The van der Waals surface area contributed by atoms with Gasteiger partial charge in [0, 0.05) is 17.0 Å². The van der Waals surface area contributed by atoms with Gasteiger partial charge < -0.3 is 10.1 Å². The molecule has 0 fully saturated rings. The summed E-state index contributed by atoms with van der Waals surface area (Å²) >= 11 is 1.72. The minimum Gasteiger partial charge on any atom is -0.479 e. The van der Waals surface area contributed by atoms with Gasteiger partial charge in [-0.3, -0.25) is 4.79 Å². The molecule has 0 aliphatic heterocycles. The molecular weight excluding hydrogens is 284 g/mol. The molecule has 0 aliphatic rings. The normalized spacial score (nSPS) is 9.86. The number of thiophene rings is 1. The zero-order valence-corrected chi connectivity index (χ0v) is 12.4. The van der Waals surface area contributed by atoms with Gasteiger partial charge in [0.2, 0.25) is 5.91 Å². The van der Waals surface area contributed by atoms with Gasteiger partial charge in [0.1, 0.15) is 11.8 Å². The van der Waals surface area contributed by atoms with E-state index in [9.17, 15) is 4.79 Å². The number of nitriles is 1. The van der Waals surface area contributed by atoms with E-state index >= 15 is 0 Å². The Labute approximate surface area is 128 Å². The monoisotopic (exact) mass is 300 g/mol. The number of hydrogen-bond donors (Lipinski definition) is 1. The number of carbonyl (C=O) groups is 1. The number of hydrogen-bond acceptors (Lipinski definition) is 4. The second kappa shape index (κ2) is 8.08. The number of ether oxygens (including phenoxy) is 1. The van der Waals surface area contributed by atoms with Crippen LogP contribution >= 0.6 is 11.3 Å². The highest BCUT2D eigenvalue weighted by Gasteiger charge is 2.03. The lowest BCUT2D eigenvalue weighted by Gasteiger charge is -2.06. The van der Waals surface area contributed by atoms with Crippen LogP contribution in [0.4, 0.5) is 5.69 Å². The van der Waals surface area contributed by atoms with Gasteiger partial charge >= 0.3 is 0 Å². The third kappa shape index (κ3) is 5.28. The third-order valence-electron chi connectivity index (χ3n) is 2.85. The molecule has 0 spiro atoms. The van der Waals surface area contributed by atoms with E-state index in [-0.39, 0.29) is 12.5 Å². The average Bonchev–Trinajstić information content (AvgIpc) is 3.00. The summed E-state index contributed by atoms with van der Waals surface area (Å²) in [6.07, 6.45) is 2.28. The fraction of sp³-hybridized carbons (Fsp3) is 0.250. The van der Waals surface area contributed by atoms with Crippen LogP contribution in [-0.2, 0) is 11.2 Å². The predicted octanol–water partition coefficient (Wildman–Crippen LogP) is 3.61. The molecule has 1 N–H and O–H groups in total. The first-order valence-corrected chi connectivity index (χ1v) is 7.58. The standard InChI is InChI=1S/C16H16N2O2S/c17-10-11-20-14-8-6-13(7-9-14)18-16(19)5-1-3-15-4-2-12-21-15/h2,4,6-9,12H,1,3,5,11H2,(H,18,19). The van der Waals surface area contributed by atoms with Crippen LogP contribution in [0.1, 0.15) is 17.7 Å². The van der Waals surface area contributed by atoms with Crippen molar-refractivity contribution in [3.05, 3.63) is 46.7 Å². The molecule has 5 heteroatoms. The third-order valence-corrected chi connectivity index (χ3v) is 3.78. The molecule has 0 atom stereocenters. The van der Waals surface area contributed by atoms with E-state index in [1.54, 1.807) is 35.6 Å². The molecule has 2 aromatic rings. The SMILES string of the molecule is N#CCOc1ccc(NC(=O)CCCc2cccs2)cc1. The van der Waals surface area contributed by atoms with Crippen molar-refractivity contribution in [2.24, 2.45) is 0 Å². The Hall–Kier alpha value is -2.32. The Bertz CT molecular complexity index is 600. The fourth-order valence-corrected chi connectivity index (χ4v) is 2.60. The first-order chi connectivity index (χ1) is 10.3. The molecule has 0 radical (unpaired) electrons. The lowest BCUT2D eigenvalue weighted by atomic mass is 10.2. The van der Waals surface area contributed by atoms with E-state index in [1.807, 2.05) is 17.5 Å². The highest BCUT2D eigenvalue weighted by Crippen LogP contribution is 2.16. The minimum atomic E-state index is 0.0113. The molecule has 0 bridgehead atoms. The number of amides is 1. The van der Waals surface area contributed by atoms with Gasteiger partial charge in [-0.1, -0.05) is 6.07 Å². The fourth-order valence-electron chi connectivity index (χ4n) is 1.85. The molecule has 2 rings (SSSR count). The van der Waals surface area contributed by atoms with Crippen LogP contribution in [0.3, 0.4) is 0 Å². The molecule has 4 nitrogen and oxygen atoms in total. The maximum Gasteiger partial charge on any atom is 0.224 e. The van der Waals surface area contributed by atoms with Crippen molar-refractivity contribution in [1.29, 1.82) is 5.26 Å². The van der Waals surface area contributed by atoms with Crippen molar-refractivity contribution < 1.29 is 9.53 Å². The molecule has 0 aliphatic carbocycles. The van der Waals surface area contributed by atoms with E-state index in [0.29, 0.717) is 12.2 Å². The minimum absolute atomic E-state index is 0.0113. The smallest absolute Gasteiger partial charge is 0.224 e. The Morgan fingerprint density at radius 1 is 1.29 bits per heavy atom. The molecule has 1 heterocycles. The molecule has 1 aromatic carbocycles. The van der Waals surface area contributed by atoms with Crippen LogP contribution in [0.2, 0.25) is 0 Å². The Balaban J connectivity index is 1.73. The highest BCUT2D eigenvalue weighted by atomic mass is 32.1. The summed E-state index contributed by atoms with van der Waals surface area (Å²) in [5.41, 5.74) is 0.737. The first-order valence-electron chi connectivity index (χ1n) is 6.70. The molecule has 21 heavy (non-hydrogen) atoms. The summed E-state index contributed by atoms with van der Waals surface area (Å²) in [5.74, 6) is 0.629. The van der Waals surface area contributed by atoms with Crippen molar-refractivity contribution in [2.75, 3.05) is 11.9 Å². The molecule has 1 amide bonds. The Morgan fingerprint density at radius 2 is 2.10 bits per heavy atom. The van der Waals surface area contributed by atoms with Crippen molar-refractivity contribution in [1.82, 2.24) is 0 Å².